The Morgan fingerprint density at radius 3 is 2.14 bits per heavy atom. The molecule has 0 radical (unpaired) electrons. The van der Waals surface area contributed by atoms with Crippen molar-refractivity contribution in [2.45, 2.75) is 63.4 Å². The average Bonchev–Trinajstić information content (AvgIpc) is 3.67. The molecule has 4 rings (SSSR count). The van der Waals surface area contributed by atoms with E-state index in [1.807, 2.05) is 12.1 Å². The van der Waals surface area contributed by atoms with Crippen LogP contribution in [0.1, 0.15) is 83.6 Å². The first-order chi connectivity index (χ1) is 16.8. The summed E-state index contributed by atoms with van der Waals surface area (Å²) in [5.41, 5.74) is 1.15. The molecule has 2 aliphatic rings. The molecule has 2 fully saturated rings. The van der Waals surface area contributed by atoms with Gasteiger partial charge in [-0.2, -0.15) is 0 Å². The number of amides is 1. The van der Waals surface area contributed by atoms with Crippen LogP contribution < -0.4 is 10.1 Å². The van der Waals surface area contributed by atoms with Crippen molar-refractivity contribution in [3.8, 4) is 5.75 Å². The van der Waals surface area contributed by atoms with Crippen LogP contribution in [0.5, 0.6) is 5.75 Å². The zero-order valence-corrected chi connectivity index (χ0v) is 19.4. The number of benzene rings is 2. The number of halogens is 2. The third-order valence-corrected chi connectivity index (χ3v) is 6.71. The molecule has 0 bridgehead atoms. The number of hydrogen-bond donors (Lipinski definition) is 2. The van der Waals surface area contributed by atoms with E-state index in [4.69, 9.17) is 9.84 Å². The number of nitrogens with one attached hydrogen (secondary N) is 1. The van der Waals surface area contributed by atoms with Gasteiger partial charge in [0.15, 0.2) is 5.78 Å². The molecular formula is C27H29F2NO5. The maximum absolute atomic E-state index is 14.5. The minimum Gasteiger partial charge on any atom is -0.490 e. The van der Waals surface area contributed by atoms with Crippen molar-refractivity contribution in [2.75, 3.05) is 6.54 Å². The number of ether oxygens (including phenoxy) is 1. The molecule has 2 aromatic rings. The van der Waals surface area contributed by atoms with Crippen LogP contribution >= 0.6 is 0 Å². The first kappa shape index (κ1) is 24.8. The summed E-state index contributed by atoms with van der Waals surface area (Å²) in [7, 11) is 0. The van der Waals surface area contributed by atoms with Crippen LogP contribution in [-0.2, 0) is 4.79 Å². The Bertz CT molecular complexity index is 1070. The van der Waals surface area contributed by atoms with E-state index in [-0.39, 0.29) is 37.1 Å². The Balaban J connectivity index is 1.24. The number of carboxylic acid groups (broad SMARTS) is 1. The van der Waals surface area contributed by atoms with E-state index in [9.17, 15) is 23.2 Å². The largest absolute Gasteiger partial charge is 0.490 e. The zero-order chi connectivity index (χ0) is 24.9. The van der Waals surface area contributed by atoms with Crippen LogP contribution in [-0.4, -0.2) is 35.4 Å². The molecule has 1 amide bonds. The molecule has 6 nitrogen and oxygen atoms in total. The zero-order valence-electron chi connectivity index (χ0n) is 19.4. The van der Waals surface area contributed by atoms with Gasteiger partial charge in [0.1, 0.15) is 17.4 Å². The Kier molecular flexibility index (Phi) is 7.78. The van der Waals surface area contributed by atoms with Crippen LogP contribution in [0.3, 0.4) is 0 Å². The van der Waals surface area contributed by atoms with Gasteiger partial charge >= 0.3 is 5.97 Å². The minimum atomic E-state index is -0.996. The molecule has 0 atom stereocenters. The fraction of sp³-hybridized carbons (Fsp3) is 0.444. The van der Waals surface area contributed by atoms with Crippen LogP contribution in [0.15, 0.2) is 36.4 Å². The summed E-state index contributed by atoms with van der Waals surface area (Å²) in [5.74, 6) is -3.60. The summed E-state index contributed by atoms with van der Waals surface area (Å²) in [4.78, 5) is 35.7. The van der Waals surface area contributed by atoms with Crippen molar-refractivity contribution in [3.05, 3.63) is 64.7 Å². The van der Waals surface area contributed by atoms with E-state index < -0.39 is 34.9 Å². The predicted octanol–water partition coefficient (Wildman–Crippen LogP) is 5.26. The summed E-state index contributed by atoms with van der Waals surface area (Å²) >= 11 is 0. The van der Waals surface area contributed by atoms with Gasteiger partial charge in [-0.1, -0.05) is 12.1 Å². The number of Topliss-reactive ketones (excluding diaryl/α,β-unsaturated/α-hetero) is 1. The highest BCUT2D eigenvalue weighted by molar-refractivity contribution is 5.97. The van der Waals surface area contributed by atoms with Gasteiger partial charge in [0.25, 0.3) is 5.91 Å². The molecule has 0 aromatic heterocycles. The third-order valence-electron chi connectivity index (χ3n) is 6.71. The van der Waals surface area contributed by atoms with Gasteiger partial charge in [0.05, 0.1) is 17.6 Å². The quantitative estimate of drug-likeness (QED) is 0.354. The number of aliphatic carboxylic acids is 1. The molecule has 186 valence electrons. The lowest BCUT2D eigenvalue weighted by molar-refractivity contribution is -0.143. The fourth-order valence-electron chi connectivity index (χ4n) is 4.51. The molecule has 0 saturated heterocycles. The van der Waals surface area contributed by atoms with E-state index in [1.54, 1.807) is 12.1 Å². The van der Waals surface area contributed by atoms with Gasteiger partial charge < -0.3 is 15.2 Å². The maximum Gasteiger partial charge on any atom is 0.306 e. The Labute approximate surface area is 202 Å². The molecule has 0 heterocycles. The Morgan fingerprint density at radius 2 is 1.57 bits per heavy atom. The van der Waals surface area contributed by atoms with Crippen molar-refractivity contribution in [1.29, 1.82) is 0 Å². The van der Waals surface area contributed by atoms with E-state index in [0.29, 0.717) is 37.2 Å². The number of hydrogen-bond acceptors (Lipinski definition) is 4. The fourth-order valence-corrected chi connectivity index (χ4v) is 4.51. The highest BCUT2D eigenvalue weighted by Crippen LogP contribution is 2.39. The van der Waals surface area contributed by atoms with Gasteiger partial charge in [0.2, 0.25) is 0 Å². The molecule has 35 heavy (non-hydrogen) atoms. The van der Waals surface area contributed by atoms with Gasteiger partial charge in [-0.3, -0.25) is 14.4 Å². The highest BCUT2D eigenvalue weighted by atomic mass is 19.1. The lowest BCUT2D eigenvalue weighted by Crippen LogP contribution is -2.28. The lowest BCUT2D eigenvalue weighted by atomic mass is 9.87. The predicted molar refractivity (Wildman–Crippen MR) is 125 cm³/mol. The second-order valence-electron chi connectivity index (χ2n) is 9.37. The standard InChI is InChI=1S/C27H29F2NO5/c28-22-14-21(35-20-11-9-19(10-12-20)27(33)34)15-23(29)25(22)24(31)2-1-13-30-26(32)18-7-5-17(6-8-18)16-3-4-16/h5-8,14-16,19-20H,1-4,9-13H2,(H,30,32)(H,33,34). The molecule has 0 spiro atoms. The van der Waals surface area contributed by atoms with Gasteiger partial charge in [-0.15, -0.1) is 0 Å². The molecule has 0 unspecified atom stereocenters. The number of ketones is 1. The lowest BCUT2D eigenvalue weighted by Gasteiger charge is -2.26. The monoisotopic (exact) mass is 485 g/mol. The topological polar surface area (TPSA) is 92.7 Å². The summed E-state index contributed by atoms with van der Waals surface area (Å²) in [5, 5.41) is 11.8. The smallest absolute Gasteiger partial charge is 0.306 e. The van der Waals surface area contributed by atoms with Gasteiger partial charge in [-0.25, -0.2) is 8.78 Å². The Morgan fingerprint density at radius 1 is 0.943 bits per heavy atom. The first-order valence-corrected chi connectivity index (χ1v) is 12.1. The second kappa shape index (κ2) is 11.0. The van der Waals surface area contributed by atoms with Crippen molar-refractivity contribution in [2.24, 2.45) is 5.92 Å². The number of carbonyl (C=O) groups is 3. The van der Waals surface area contributed by atoms with Gasteiger partial charge in [-0.05, 0) is 68.6 Å². The summed E-state index contributed by atoms with van der Waals surface area (Å²) in [6.45, 7) is 0.207. The number of rotatable bonds is 10. The normalized spacial score (nSPS) is 19.7. The van der Waals surface area contributed by atoms with Crippen molar-refractivity contribution in [1.82, 2.24) is 5.32 Å². The summed E-state index contributed by atoms with van der Waals surface area (Å²) in [6, 6.07) is 9.45. The van der Waals surface area contributed by atoms with Crippen molar-refractivity contribution >= 4 is 17.7 Å². The molecule has 2 aromatic carbocycles. The molecule has 2 aliphatic carbocycles. The number of carboxylic acids is 1. The van der Waals surface area contributed by atoms with Gasteiger partial charge in [0, 0.05) is 30.7 Å². The molecule has 0 aliphatic heterocycles. The minimum absolute atomic E-state index is 0.0182. The van der Waals surface area contributed by atoms with Crippen LogP contribution in [0, 0.1) is 17.6 Å². The average molecular weight is 486 g/mol. The Hall–Kier alpha value is -3.29. The SMILES string of the molecule is O=C(NCCCC(=O)c1c(F)cc(OC2CCC(C(=O)O)CC2)cc1F)c1ccc(C2CC2)cc1. The third kappa shape index (κ3) is 6.44. The summed E-state index contributed by atoms with van der Waals surface area (Å²) < 4.78 is 34.7. The van der Waals surface area contributed by atoms with E-state index in [1.165, 1.54) is 18.4 Å². The van der Waals surface area contributed by atoms with Crippen LogP contribution in [0.2, 0.25) is 0 Å². The molecule has 2 N–H and O–H groups in total. The van der Waals surface area contributed by atoms with Crippen LogP contribution in [0.25, 0.3) is 0 Å². The van der Waals surface area contributed by atoms with Crippen molar-refractivity contribution < 1.29 is 33.0 Å². The van der Waals surface area contributed by atoms with Crippen LogP contribution in [0.4, 0.5) is 8.78 Å². The highest BCUT2D eigenvalue weighted by Gasteiger charge is 2.28. The van der Waals surface area contributed by atoms with E-state index in [0.717, 1.165) is 12.1 Å². The first-order valence-electron chi connectivity index (χ1n) is 12.1. The summed E-state index contributed by atoms with van der Waals surface area (Å²) in [6.07, 6.45) is 4.04. The number of carbonyl (C=O) groups excluding carboxylic acids is 2. The molecule has 8 heteroatoms. The van der Waals surface area contributed by atoms with E-state index >= 15 is 0 Å². The van der Waals surface area contributed by atoms with E-state index in [2.05, 4.69) is 5.32 Å². The maximum atomic E-state index is 14.5. The molecule has 2 saturated carbocycles. The molecular weight excluding hydrogens is 456 g/mol. The van der Waals surface area contributed by atoms with Crippen molar-refractivity contribution in [3.63, 3.8) is 0 Å². The second-order valence-corrected chi connectivity index (χ2v) is 9.37.